The first-order valence-corrected chi connectivity index (χ1v) is 10.8. The summed E-state index contributed by atoms with van der Waals surface area (Å²) in [6.07, 6.45) is 4.81. The highest BCUT2D eigenvalue weighted by atomic mass is 16.5. The minimum absolute atomic E-state index is 0.0323. The van der Waals surface area contributed by atoms with Crippen LogP contribution >= 0.6 is 0 Å². The summed E-state index contributed by atoms with van der Waals surface area (Å²) in [5.41, 5.74) is 4.58. The maximum Gasteiger partial charge on any atom is 0.247 e. The van der Waals surface area contributed by atoms with Crippen LogP contribution < -0.4 is 15.5 Å². The highest BCUT2D eigenvalue weighted by Gasteiger charge is 2.28. The van der Waals surface area contributed by atoms with Gasteiger partial charge in [-0.1, -0.05) is 0 Å². The fourth-order valence-corrected chi connectivity index (χ4v) is 4.34. The third-order valence-corrected chi connectivity index (χ3v) is 6.13. The number of carbonyl (C=O) groups excluding carboxylic acids is 1. The molecule has 4 heterocycles. The molecule has 2 aromatic heterocycles. The van der Waals surface area contributed by atoms with Crippen molar-refractivity contribution in [3.8, 4) is 11.3 Å². The largest absolute Gasteiger partial charge is 0.381 e. The van der Waals surface area contributed by atoms with E-state index in [1.54, 1.807) is 11.1 Å². The van der Waals surface area contributed by atoms with E-state index >= 15 is 0 Å². The number of ether oxygens (including phenoxy) is 1. The number of H-pyrrole nitrogens is 1. The number of aryl methyl sites for hydroxylation is 1. The average molecular weight is 422 g/mol. The molecule has 3 N–H and O–H groups in total. The molecule has 9 heteroatoms. The highest BCUT2D eigenvalue weighted by Crippen LogP contribution is 2.32. The first kappa shape index (κ1) is 19.7. The molecule has 31 heavy (non-hydrogen) atoms. The predicted octanol–water partition coefficient (Wildman–Crippen LogP) is 2.95. The zero-order chi connectivity index (χ0) is 21.4. The van der Waals surface area contributed by atoms with Crippen molar-refractivity contribution in [3.05, 3.63) is 23.9 Å². The van der Waals surface area contributed by atoms with E-state index in [0.29, 0.717) is 24.1 Å². The number of aromatic nitrogens is 4. The van der Waals surface area contributed by atoms with Gasteiger partial charge in [0.05, 0.1) is 29.5 Å². The summed E-state index contributed by atoms with van der Waals surface area (Å²) >= 11 is 0. The quantitative estimate of drug-likeness (QED) is 0.581. The number of benzene rings is 1. The standard InChI is InChI=1S/C22H27N7O2/c1-13-9-15(10-16-19(13)28-22(23-2)27-16)17-11-24-20-21(26-17)29(18(30)12-25-20)6-3-14-4-7-31-8-5-14/h9-11,14H,3-8,12H2,1-2H3,(H,24,25)(H2,23,27,28). The molecule has 0 radical (unpaired) electrons. The Morgan fingerprint density at radius 2 is 2.10 bits per heavy atom. The molecule has 0 unspecified atom stereocenters. The van der Waals surface area contributed by atoms with Crippen LogP contribution in [0.15, 0.2) is 18.3 Å². The van der Waals surface area contributed by atoms with Crippen molar-refractivity contribution in [2.45, 2.75) is 26.2 Å². The van der Waals surface area contributed by atoms with Crippen LogP contribution in [0.5, 0.6) is 0 Å². The number of rotatable bonds is 5. The molecule has 0 atom stereocenters. The molecule has 2 aliphatic rings. The van der Waals surface area contributed by atoms with Gasteiger partial charge in [-0.2, -0.15) is 0 Å². The number of aromatic amines is 1. The number of hydrogen-bond acceptors (Lipinski definition) is 7. The number of amides is 1. The van der Waals surface area contributed by atoms with E-state index in [0.717, 1.165) is 66.3 Å². The Bertz CT molecular complexity index is 1120. The molecule has 1 aromatic carbocycles. The van der Waals surface area contributed by atoms with Crippen molar-refractivity contribution in [3.63, 3.8) is 0 Å². The molecule has 162 valence electrons. The minimum Gasteiger partial charge on any atom is -0.381 e. The lowest BCUT2D eigenvalue weighted by Gasteiger charge is -2.30. The topological polar surface area (TPSA) is 108 Å². The monoisotopic (exact) mass is 421 g/mol. The fraction of sp³-hybridized carbons (Fsp3) is 0.455. The number of fused-ring (bicyclic) bond motifs is 2. The molecule has 9 nitrogen and oxygen atoms in total. The minimum atomic E-state index is 0.0323. The van der Waals surface area contributed by atoms with Gasteiger partial charge in [0, 0.05) is 32.4 Å². The van der Waals surface area contributed by atoms with E-state index in [1.807, 2.05) is 20.0 Å². The molecule has 0 spiro atoms. The van der Waals surface area contributed by atoms with Crippen LogP contribution in [0, 0.1) is 12.8 Å². The van der Waals surface area contributed by atoms with Crippen LogP contribution in [0.1, 0.15) is 24.8 Å². The summed E-state index contributed by atoms with van der Waals surface area (Å²) in [5.74, 6) is 2.61. The second kappa shape index (κ2) is 8.14. The number of nitrogens with zero attached hydrogens (tertiary/aromatic N) is 4. The fourth-order valence-electron chi connectivity index (χ4n) is 4.34. The third-order valence-electron chi connectivity index (χ3n) is 6.13. The lowest BCUT2D eigenvalue weighted by Crippen LogP contribution is -2.42. The van der Waals surface area contributed by atoms with Crippen LogP contribution in [0.25, 0.3) is 22.3 Å². The smallest absolute Gasteiger partial charge is 0.247 e. The Balaban J connectivity index is 1.46. The Labute approximate surface area is 180 Å². The zero-order valence-electron chi connectivity index (χ0n) is 17.9. The normalized spacial score (nSPS) is 17.0. The molecular weight excluding hydrogens is 394 g/mol. The maximum atomic E-state index is 12.7. The first-order chi connectivity index (χ1) is 15.1. The van der Waals surface area contributed by atoms with Gasteiger partial charge in [0.15, 0.2) is 11.6 Å². The lowest BCUT2D eigenvalue weighted by molar-refractivity contribution is -0.117. The second-order valence-electron chi connectivity index (χ2n) is 8.20. The molecule has 0 aliphatic carbocycles. The van der Waals surface area contributed by atoms with Gasteiger partial charge in [0.25, 0.3) is 0 Å². The summed E-state index contributed by atoms with van der Waals surface area (Å²) in [7, 11) is 1.84. The summed E-state index contributed by atoms with van der Waals surface area (Å²) < 4.78 is 5.46. The third kappa shape index (κ3) is 3.81. The Kier molecular flexibility index (Phi) is 5.19. The molecular formula is C22H27N7O2. The molecule has 0 bridgehead atoms. The van der Waals surface area contributed by atoms with Crippen molar-refractivity contribution in [2.75, 3.05) is 48.9 Å². The maximum absolute atomic E-state index is 12.7. The van der Waals surface area contributed by atoms with E-state index in [-0.39, 0.29) is 12.5 Å². The summed E-state index contributed by atoms with van der Waals surface area (Å²) in [6.45, 7) is 4.56. The lowest BCUT2D eigenvalue weighted by atomic mass is 9.96. The molecule has 5 rings (SSSR count). The van der Waals surface area contributed by atoms with Gasteiger partial charge in [-0.3, -0.25) is 9.69 Å². The number of carbonyl (C=O) groups is 1. The van der Waals surface area contributed by atoms with Crippen molar-refractivity contribution >= 4 is 34.5 Å². The average Bonchev–Trinajstić information content (AvgIpc) is 3.23. The van der Waals surface area contributed by atoms with Gasteiger partial charge >= 0.3 is 0 Å². The first-order valence-electron chi connectivity index (χ1n) is 10.8. The number of anilines is 3. The Morgan fingerprint density at radius 1 is 1.26 bits per heavy atom. The SMILES string of the molecule is CNc1nc2c(C)cc(-c3cnc4c(n3)N(CCC3CCOCC3)C(=O)CN4)cc2[nH]1. The van der Waals surface area contributed by atoms with Crippen molar-refractivity contribution < 1.29 is 9.53 Å². The van der Waals surface area contributed by atoms with E-state index in [4.69, 9.17) is 9.72 Å². The molecule has 1 saturated heterocycles. The molecule has 3 aromatic rings. The van der Waals surface area contributed by atoms with E-state index in [9.17, 15) is 4.79 Å². The van der Waals surface area contributed by atoms with E-state index in [1.165, 1.54) is 0 Å². The van der Waals surface area contributed by atoms with Crippen molar-refractivity contribution in [1.82, 2.24) is 19.9 Å². The zero-order valence-corrected chi connectivity index (χ0v) is 17.9. The van der Waals surface area contributed by atoms with Gasteiger partial charge in [0.1, 0.15) is 0 Å². The van der Waals surface area contributed by atoms with Crippen LogP contribution in [0.4, 0.5) is 17.6 Å². The van der Waals surface area contributed by atoms with Crippen molar-refractivity contribution in [1.29, 1.82) is 0 Å². The number of imidazole rings is 1. The van der Waals surface area contributed by atoms with Gasteiger partial charge in [0.2, 0.25) is 11.9 Å². The summed E-state index contributed by atoms with van der Waals surface area (Å²) in [4.78, 5) is 31.7. The van der Waals surface area contributed by atoms with Gasteiger partial charge < -0.3 is 20.4 Å². The van der Waals surface area contributed by atoms with Gasteiger partial charge in [-0.05, 0) is 49.8 Å². The number of hydrogen-bond donors (Lipinski definition) is 3. The number of nitrogens with one attached hydrogen (secondary N) is 3. The van der Waals surface area contributed by atoms with E-state index < -0.39 is 0 Å². The summed E-state index contributed by atoms with van der Waals surface area (Å²) in [6, 6.07) is 4.08. The predicted molar refractivity (Wildman–Crippen MR) is 120 cm³/mol. The molecule has 1 fully saturated rings. The van der Waals surface area contributed by atoms with Gasteiger partial charge in [-0.25, -0.2) is 15.0 Å². The van der Waals surface area contributed by atoms with Crippen LogP contribution in [-0.4, -0.2) is 59.2 Å². The molecule has 1 amide bonds. The second-order valence-corrected chi connectivity index (χ2v) is 8.20. The van der Waals surface area contributed by atoms with Gasteiger partial charge in [-0.15, -0.1) is 0 Å². The van der Waals surface area contributed by atoms with Crippen LogP contribution in [0.2, 0.25) is 0 Å². The molecule has 0 saturated carbocycles. The molecule has 2 aliphatic heterocycles. The highest BCUT2D eigenvalue weighted by molar-refractivity contribution is 6.01. The van der Waals surface area contributed by atoms with Crippen LogP contribution in [-0.2, 0) is 9.53 Å². The summed E-state index contributed by atoms with van der Waals surface area (Å²) in [5, 5.41) is 6.14. The Morgan fingerprint density at radius 3 is 2.90 bits per heavy atom. The van der Waals surface area contributed by atoms with E-state index in [2.05, 4.69) is 31.7 Å². The van der Waals surface area contributed by atoms with Crippen LogP contribution in [0.3, 0.4) is 0 Å². The van der Waals surface area contributed by atoms with Crippen molar-refractivity contribution in [2.24, 2.45) is 5.92 Å². The Hall–Kier alpha value is -3.20.